The second kappa shape index (κ2) is 9.29. The van der Waals surface area contributed by atoms with Crippen LogP contribution in [0.5, 0.6) is 0 Å². The topological polar surface area (TPSA) is 4.93 Å². The molecule has 0 amide bonds. The van der Waals surface area contributed by atoms with E-state index in [4.69, 9.17) is 0 Å². The summed E-state index contributed by atoms with van der Waals surface area (Å²) in [7, 11) is 0. The number of hydrogen-bond donors (Lipinski definition) is 0. The van der Waals surface area contributed by atoms with E-state index in [9.17, 15) is 0 Å². The Morgan fingerprint density at radius 3 is 2.41 bits per heavy atom. The molecule has 39 heavy (non-hydrogen) atoms. The average molecular weight is 502 g/mol. The van der Waals surface area contributed by atoms with Gasteiger partial charge in [-0.15, -0.1) is 0 Å². The number of hydrogen-bond acceptors (Lipinski definition) is 0. The van der Waals surface area contributed by atoms with E-state index in [0.29, 0.717) is 5.92 Å². The van der Waals surface area contributed by atoms with Gasteiger partial charge in [0.05, 0.1) is 11.0 Å². The van der Waals surface area contributed by atoms with E-state index in [-0.39, 0.29) is 0 Å². The molecule has 1 unspecified atom stereocenters. The van der Waals surface area contributed by atoms with Crippen molar-refractivity contribution < 1.29 is 0 Å². The van der Waals surface area contributed by atoms with Crippen LogP contribution in [0.2, 0.25) is 0 Å². The van der Waals surface area contributed by atoms with Crippen molar-refractivity contribution in [2.75, 3.05) is 0 Å². The number of allylic oxidation sites excluding steroid dienone is 3. The summed E-state index contributed by atoms with van der Waals surface area (Å²) in [5.74, 6) is 0.532. The third-order valence-corrected chi connectivity index (χ3v) is 8.27. The summed E-state index contributed by atoms with van der Waals surface area (Å²) in [6, 6.07) is 40.3. The lowest BCUT2D eigenvalue weighted by atomic mass is 9.78. The van der Waals surface area contributed by atoms with Gasteiger partial charge in [0.25, 0.3) is 0 Å². The zero-order chi connectivity index (χ0) is 26.5. The maximum atomic E-state index is 4.26. The van der Waals surface area contributed by atoms with Crippen molar-refractivity contribution in [3.63, 3.8) is 0 Å². The molecule has 0 radical (unpaired) electrons. The van der Waals surface area contributed by atoms with Crippen LogP contribution in [-0.2, 0) is 6.42 Å². The van der Waals surface area contributed by atoms with Gasteiger partial charge in [-0.25, -0.2) is 0 Å². The van der Waals surface area contributed by atoms with Crippen LogP contribution in [0.4, 0.5) is 0 Å². The summed E-state index contributed by atoms with van der Waals surface area (Å²) in [5, 5.41) is 2.54. The minimum Gasteiger partial charge on any atom is -0.309 e. The summed E-state index contributed by atoms with van der Waals surface area (Å²) >= 11 is 0. The van der Waals surface area contributed by atoms with Gasteiger partial charge in [-0.1, -0.05) is 98.5 Å². The van der Waals surface area contributed by atoms with Crippen molar-refractivity contribution in [3.8, 4) is 27.9 Å². The van der Waals surface area contributed by atoms with Crippen molar-refractivity contribution in [1.29, 1.82) is 0 Å². The molecule has 1 heterocycles. The first-order valence-corrected chi connectivity index (χ1v) is 13.8. The van der Waals surface area contributed by atoms with Crippen LogP contribution in [-0.4, -0.2) is 4.57 Å². The summed E-state index contributed by atoms with van der Waals surface area (Å²) < 4.78 is 2.38. The van der Waals surface area contributed by atoms with Gasteiger partial charge in [0.15, 0.2) is 0 Å². The van der Waals surface area contributed by atoms with Crippen molar-refractivity contribution in [3.05, 3.63) is 145 Å². The van der Waals surface area contributed by atoms with Gasteiger partial charge < -0.3 is 4.57 Å². The maximum absolute atomic E-state index is 4.26. The van der Waals surface area contributed by atoms with Crippen molar-refractivity contribution in [2.24, 2.45) is 0 Å². The zero-order valence-electron chi connectivity index (χ0n) is 22.5. The largest absolute Gasteiger partial charge is 0.309 e. The fourth-order valence-electron chi connectivity index (χ4n) is 6.37. The molecular formula is C38H31N. The predicted octanol–water partition coefficient (Wildman–Crippen LogP) is 10.4. The fraction of sp³-hybridized carbons (Fsp3) is 0.105. The van der Waals surface area contributed by atoms with Crippen LogP contribution < -0.4 is 0 Å². The van der Waals surface area contributed by atoms with Gasteiger partial charge in [0.1, 0.15) is 0 Å². The van der Waals surface area contributed by atoms with Crippen molar-refractivity contribution >= 4 is 27.4 Å². The van der Waals surface area contributed by atoms with E-state index in [1.807, 2.05) is 13.0 Å². The monoisotopic (exact) mass is 501 g/mol. The smallest absolute Gasteiger partial charge is 0.0541 e. The van der Waals surface area contributed by atoms with Gasteiger partial charge in [-0.2, -0.15) is 0 Å². The van der Waals surface area contributed by atoms with Crippen molar-refractivity contribution in [2.45, 2.75) is 26.2 Å². The van der Waals surface area contributed by atoms with Gasteiger partial charge in [-0.3, -0.25) is 0 Å². The highest BCUT2D eigenvalue weighted by Gasteiger charge is 2.22. The summed E-state index contributed by atoms with van der Waals surface area (Å²) in [5.41, 5.74) is 13.9. The molecule has 7 rings (SSSR count). The molecule has 0 aliphatic heterocycles. The van der Waals surface area contributed by atoms with E-state index in [2.05, 4.69) is 133 Å². The SMILES string of the molecule is C=C(/C=C\C)c1cccc(-n2c3ccccc3c3cc(-c4ccc5c(c4)-c4ccccc4CC5C)ccc32)c1. The van der Waals surface area contributed by atoms with Crippen LogP contribution >= 0.6 is 0 Å². The molecule has 0 saturated heterocycles. The van der Waals surface area contributed by atoms with Crippen LogP contribution in [0.3, 0.4) is 0 Å². The Morgan fingerprint density at radius 1 is 0.744 bits per heavy atom. The van der Waals surface area contributed by atoms with Crippen LogP contribution in [0.25, 0.3) is 55.3 Å². The molecule has 0 saturated carbocycles. The summed E-state index contributed by atoms with van der Waals surface area (Å²) in [4.78, 5) is 0. The van der Waals surface area contributed by atoms with E-state index < -0.39 is 0 Å². The Morgan fingerprint density at radius 2 is 1.51 bits per heavy atom. The molecule has 1 heteroatoms. The number of aromatic nitrogens is 1. The van der Waals surface area contributed by atoms with Crippen LogP contribution in [0.15, 0.2) is 128 Å². The van der Waals surface area contributed by atoms with E-state index in [1.165, 1.54) is 55.2 Å². The summed E-state index contributed by atoms with van der Waals surface area (Å²) in [6.45, 7) is 8.63. The van der Waals surface area contributed by atoms with Gasteiger partial charge in [-0.05, 0) is 100 Å². The second-order valence-corrected chi connectivity index (χ2v) is 10.7. The molecule has 0 fully saturated rings. The normalized spacial score (nSPS) is 14.6. The highest BCUT2D eigenvalue weighted by molar-refractivity contribution is 6.10. The van der Waals surface area contributed by atoms with E-state index in [1.54, 1.807) is 0 Å². The lowest BCUT2D eigenvalue weighted by Crippen LogP contribution is -2.08. The van der Waals surface area contributed by atoms with Crippen LogP contribution in [0.1, 0.15) is 36.5 Å². The Labute approximate surface area is 230 Å². The first-order chi connectivity index (χ1) is 19.1. The molecule has 1 aromatic heterocycles. The third-order valence-electron chi connectivity index (χ3n) is 8.27. The van der Waals surface area contributed by atoms with Crippen LogP contribution in [0, 0.1) is 0 Å². The Balaban J connectivity index is 1.40. The molecule has 6 aromatic rings. The average Bonchev–Trinajstić information content (AvgIpc) is 3.31. The zero-order valence-corrected chi connectivity index (χ0v) is 22.5. The second-order valence-electron chi connectivity index (χ2n) is 10.7. The Hall–Kier alpha value is -4.62. The molecule has 0 N–H and O–H groups in total. The maximum Gasteiger partial charge on any atom is 0.0541 e. The quantitative estimate of drug-likeness (QED) is 0.212. The molecule has 1 aliphatic carbocycles. The minimum atomic E-state index is 0.532. The molecule has 0 spiro atoms. The minimum absolute atomic E-state index is 0.532. The number of para-hydroxylation sites is 1. The number of benzene rings is 5. The molecule has 1 aliphatic rings. The number of fused-ring (bicyclic) bond motifs is 6. The van der Waals surface area contributed by atoms with E-state index >= 15 is 0 Å². The highest BCUT2D eigenvalue weighted by Crippen LogP contribution is 2.42. The van der Waals surface area contributed by atoms with Gasteiger partial charge in [0.2, 0.25) is 0 Å². The van der Waals surface area contributed by atoms with Gasteiger partial charge in [0, 0.05) is 16.5 Å². The molecule has 1 nitrogen and oxygen atoms in total. The molecule has 1 atom stereocenters. The number of rotatable bonds is 4. The Kier molecular flexibility index (Phi) is 5.60. The third kappa shape index (κ3) is 3.85. The molecule has 188 valence electrons. The first-order valence-electron chi connectivity index (χ1n) is 13.8. The number of nitrogens with zero attached hydrogens (tertiary/aromatic N) is 1. The molecule has 0 bridgehead atoms. The Bertz CT molecular complexity index is 1930. The lowest BCUT2D eigenvalue weighted by molar-refractivity contribution is 0.749. The standard InChI is InChI=1S/C38H31N/c1-4-10-25(2)27-12-9-13-31(22-27)39-37-16-8-7-15-34(37)36-24-29(18-20-38(36)39)28-17-19-32-26(3)21-30-11-5-6-14-33(30)35(32)23-28/h4-20,22-24,26H,2,21H2,1,3H3/b10-4-. The van der Waals surface area contributed by atoms with Crippen molar-refractivity contribution in [1.82, 2.24) is 4.57 Å². The first kappa shape index (κ1) is 23.5. The van der Waals surface area contributed by atoms with E-state index in [0.717, 1.165) is 23.2 Å². The molecule has 5 aromatic carbocycles. The summed E-state index contributed by atoms with van der Waals surface area (Å²) in [6.07, 6.45) is 5.21. The predicted molar refractivity (Wildman–Crippen MR) is 168 cm³/mol. The van der Waals surface area contributed by atoms with Gasteiger partial charge >= 0.3 is 0 Å². The highest BCUT2D eigenvalue weighted by atomic mass is 15.0. The lowest BCUT2D eigenvalue weighted by Gasteiger charge is -2.26. The molecular weight excluding hydrogens is 470 g/mol. The fourth-order valence-corrected chi connectivity index (χ4v) is 6.37.